The Morgan fingerprint density at radius 1 is 1.19 bits per heavy atom. The smallest absolute Gasteiger partial charge is 0.407 e. The summed E-state index contributed by atoms with van der Waals surface area (Å²) >= 11 is 0. The summed E-state index contributed by atoms with van der Waals surface area (Å²) in [6.45, 7) is 1.54. The Morgan fingerprint density at radius 3 is 2.25 bits per heavy atom. The van der Waals surface area contributed by atoms with Gasteiger partial charge in [0.1, 0.15) is 6.10 Å². The second-order valence-electron chi connectivity index (χ2n) is 4.34. The van der Waals surface area contributed by atoms with Gasteiger partial charge in [0, 0.05) is 25.7 Å². The Morgan fingerprint density at radius 2 is 1.81 bits per heavy atom. The van der Waals surface area contributed by atoms with E-state index in [1.54, 1.807) is 4.90 Å². The Hall–Kier alpha value is -1.30. The van der Waals surface area contributed by atoms with Gasteiger partial charge in [-0.2, -0.15) is 0 Å². The first kappa shape index (κ1) is 11.2. The highest BCUT2D eigenvalue weighted by Gasteiger charge is 2.36. The molecule has 90 valence electrons. The lowest BCUT2D eigenvalue weighted by atomic mass is 10.0. The molecule has 2 N–H and O–H groups in total. The van der Waals surface area contributed by atoms with Crippen molar-refractivity contribution in [2.75, 3.05) is 19.6 Å². The number of aliphatic hydroxyl groups excluding tert-OH is 1. The minimum absolute atomic E-state index is 0.0975. The van der Waals surface area contributed by atoms with Crippen molar-refractivity contribution in [3.05, 3.63) is 0 Å². The Balaban J connectivity index is 1.90. The number of likely N-dealkylation sites (tertiary alicyclic amines) is 2. The first-order valence-corrected chi connectivity index (χ1v) is 5.56. The van der Waals surface area contributed by atoms with Crippen LogP contribution in [0.25, 0.3) is 0 Å². The molecule has 0 spiro atoms. The number of carboxylic acid groups (broad SMARTS) is 1. The van der Waals surface area contributed by atoms with Gasteiger partial charge in [-0.3, -0.25) is 4.79 Å². The summed E-state index contributed by atoms with van der Waals surface area (Å²) in [5.41, 5.74) is 0. The molecule has 6 heteroatoms. The minimum atomic E-state index is -0.897. The van der Waals surface area contributed by atoms with E-state index >= 15 is 0 Å². The average Bonchev–Trinajstić information content (AvgIpc) is 2.60. The van der Waals surface area contributed by atoms with Gasteiger partial charge in [0.05, 0.1) is 0 Å². The van der Waals surface area contributed by atoms with Crippen molar-refractivity contribution in [2.24, 2.45) is 0 Å². The van der Waals surface area contributed by atoms with E-state index in [0.717, 1.165) is 0 Å². The van der Waals surface area contributed by atoms with Gasteiger partial charge in [-0.15, -0.1) is 0 Å². The molecule has 0 aromatic heterocycles. The lowest BCUT2D eigenvalue weighted by Gasteiger charge is -2.35. The molecule has 6 nitrogen and oxygen atoms in total. The molecular weight excluding hydrogens is 212 g/mol. The van der Waals surface area contributed by atoms with Crippen LogP contribution in [0.5, 0.6) is 0 Å². The summed E-state index contributed by atoms with van der Waals surface area (Å²) in [5, 5.41) is 18.1. The summed E-state index contributed by atoms with van der Waals surface area (Å²) < 4.78 is 0. The highest BCUT2D eigenvalue weighted by Crippen LogP contribution is 2.22. The molecule has 0 bridgehead atoms. The lowest BCUT2D eigenvalue weighted by Crippen LogP contribution is -2.47. The first-order valence-electron chi connectivity index (χ1n) is 5.56. The first-order chi connectivity index (χ1) is 7.59. The van der Waals surface area contributed by atoms with Crippen LogP contribution >= 0.6 is 0 Å². The number of piperidine rings is 1. The number of carbonyl (C=O) groups is 2. The van der Waals surface area contributed by atoms with Crippen molar-refractivity contribution >= 4 is 12.0 Å². The van der Waals surface area contributed by atoms with Crippen LogP contribution in [0.15, 0.2) is 0 Å². The summed E-state index contributed by atoms with van der Waals surface area (Å²) in [6.07, 6.45) is 0.0942. The molecule has 2 saturated heterocycles. The lowest BCUT2D eigenvalue weighted by molar-refractivity contribution is -0.137. The molecule has 0 unspecified atom stereocenters. The van der Waals surface area contributed by atoms with Crippen molar-refractivity contribution in [1.82, 2.24) is 9.80 Å². The predicted octanol–water partition coefficient (Wildman–Crippen LogP) is -0.278. The predicted molar refractivity (Wildman–Crippen MR) is 55.0 cm³/mol. The van der Waals surface area contributed by atoms with Crippen molar-refractivity contribution in [1.29, 1.82) is 0 Å². The number of amides is 2. The largest absolute Gasteiger partial charge is 0.465 e. The second-order valence-corrected chi connectivity index (χ2v) is 4.34. The third kappa shape index (κ3) is 1.97. The Kier molecular flexibility index (Phi) is 3.00. The van der Waals surface area contributed by atoms with Gasteiger partial charge in [0.2, 0.25) is 0 Å². The third-order valence-corrected chi connectivity index (χ3v) is 3.39. The van der Waals surface area contributed by atoms with Crippen LogP contribution in [0.2, 0.25) is 0 Å². The zero-order valence-corrected chi connectivity index (χ0v) is 9.00. The number of carbonyl (C=O) groups excluding carboxylic acids is 1. The Labute approximate surface area is 93.4 Å². The van der Waals surface area contributed by atoms with E-state index in [1.165, 1.54) is 4.90 Å². The quantitative estimate of drug-likeness (QED) is 0.647. The van der Waals surface area contributed by atoms with E-state index in [4.69, 9.17) is 5.11 Å². The van der Waals surface area contributed by atoms with E-state index in [2.05, 4.69) is 0 Å². The maximum Gasteiger partial charge on any atom is 0.407 e. The van der Waals surface area contributed by atoms with Crippen LogP contribution in [-0.2, 0) is 4.79 Å². The fraction of sp³-hybridized carbons (Fsp3) is 0.800. The van der Waals surface area contributed by atoms with Crippen LogP contribution in [0.1, 0.15) is 19.3 Å². The van der Waals surface area contributed by atoms with Crippen LogP contribution < -0.4 is 0 Å². The molecule has 2 aliphatic rings. The normalized spacial score (nSPS) is 27.6. The molecule has 2 fully saturated rings. The van der Waals surface area contributed by atoms with E-state index in [-0.39, 0.29) is 11.9 Å². The molecule has 0 aromatic rings. The van der Waals surface area contributed by atoms with Crippen LogP contribution in [0.3, 0.4) is 0 Å². The highest BCUT2D eigenvalue weighted by atomic mass is 16.4. The van der Waals surface area contributed by atoms with Crippen molar-refractivity contribution in [3.8, 4) is 0 Å². The van der Waals surface area contributed by atoms with Gasteiger partial charge in [-0.1, -0.05) is 0 Å². The Bertz CT molecular complexity index is 299. The van der Waals surface area contributed by atoms with E-state index < -0.39 is 12.2 Å². The highest BCUT2D eigenvalue weighted by molar-refractivity contribution is 5.83. The van der Waals surface area contributed by atoms with Gasteiger partial charge in [0.25, 0.3) is 5.91 Å². The van der Waals surface area contributed by atoms with Gasteiger partial charge < -0.3 is 20.0 Å². The molecule has 2 amide bonds. The molecule has 2 heterocycles. The maximum atomic E-state index is 11.6. The molecule has 16 heavy (non-hydrogen) atoms. The van der Waals surface area contributed by atoms with Gasteiger partial charge in [0.15, 0.2) is 0 Å². The van der Waals surface area contributed by atoms with E-state index in [9.17, 15) is 14.7 Å². The molecular formula is C10H16N2O4. The fourth-order valence-electron chi connectivity index (χ4n) is 2.42. The molecule has 2 aliphatic heterocycles. The second kappa shape index (κ2) is 4.29. The van der Waals surface area contributed by atoms with Gasteiger partial charge in [-0.05, 0) is 19.3 Å². The molecule has 0 aliphatic carbocycles. The topological polar surface area (TPSA) is 81.1 Å². The number of aliphatic hydroxyl groups is 1. The maximum absolute atomic E-state index is 11.6. The summed E-state index contributed by atoms with van der Waals surface area (Å²) in [5.74, 6) is -0.200. The molecule has 0 saturated carbocycles. The minimum Gasteiger partial charge on any atom is -0.465 e. The van der Waals surface area contributed by atoms with E-state index in [1.807, 2.05) is 0 Å². The van der Waals surface area contributed by atoms with Gasteiger partial charge >= 0.3 is 6.09 Å². The van der Waals surface area contributed by atoms with Crippen molar-refractivity contribution < 1.29 is 19.8 Å². The van der Waals surface area contributed by atoms with E-state index in [0.29, 0.717) is 38.9 Å². The number of hydrogen-bond donors (Lipinski definition) is 2. The summed E-state index contributed by atoms with van der Waals surface area (Å²) in [6, 6.07) is 0.0975. The standard InChI is InChI=1S/C10H16N2O4/c13-8-3-6-12(9(8)14)7-1-4-11(5-2-7)10(15)16/h7-8,13H,1-6H2,(H,15,16)/t8-/m1/s1. The zero-order chi connectivity index (χ0) is 11.7. The summed E-state index contributed by atoms with van der Waals surface area (Å²) in [7, 11) is 0. The zero-order valence-electron chi connectivity index (χ0n) is 9.00. The van der Waals surface area contributed by atoms with Crippen molar-refractivity contribution in [3.63, 3.8) is 0 Å². The number of nitrogens with zero attached hydrogens (tertiary/aromatic N) is 2. The number of rotatable bonds is 1. The molecule has 1 atom stereocenters. The molecule has 2 rings (SSSR count). The monoisotopic (exact) mass is 228 g/mol. The molecule has 0 radical (unpaired) electrons. The third-order valence-electron chi connectivity index (χ3n) is 3.39. The average molecular weight is 228 g/mol. The van der Waals surface area contributed by atoms with Crippen LogP contribution in [0, 0.1) is 0 Å². The number of hydrogen-bond acceptors (Lipinski definition) is 3. The van der Waals surface area contributed by atoms with Gasteiger partial charge in [-0.25, -0.2) is 4.79 Å². The summed E-state index contributed by atoms with van der Waals surface area (Å²) in [4.78, 5) is 25.3. The van der Waals surface area contributed by atoms with Crippen molar-refractivity contribution in [2.45, 2.75) is 31.4 Å². The SMILES string of the molecule is O=C(O)N1CCC(N2CC[C@@H](O)C2=O)CC1. The fourth-order valence-corrected chi connectivity index (χ4v) is 2.42. The van der Waals surface area contributed by atoms with Crippen LogP contribution in [0.4, 0.5) is 4.79 Å². The molecule has 0 aromatic carbocycles. The van der Waals surface area contributed by atoms with Crippen LogP contribution in [-0.4, -0.2) is 63.8 Å².